The van der Waals surface area contributed by atoms with Crippen LogP contribution in [0.1, 0.15) is 28.9 Å². The highest BCUT2D eigenvalue weighted by Crippen LogP contribution is 2.36. The quantitative estimate of drug-likeness (QED) is 0.401. The molecule has 1 atom stereocenters. The molecule has 0 fully saturated rings. The van der Waals surface area contributed by atoms with Crippen molar-refractivity contribution >= 4 is 27.6 Å². The van der Waals surface area contributed by atoms with Crippen molar-refractivity contribution in [2.24, 2.45) is 0 Å². The lowest BCUT2D eigenvalue weighted by molar-refractivity contribution is -0.385. The monoisotopic (exact) mass is 409 g/mol. The first-order chi connectivity index (χ1) is 11.9. The van der Waals surface area contributed by atoms with Crippen molar-refractivity contribution in [1.29, 1.82) is 0 Å². The number of carbonyl (C=O) groups excluding carboxylic acids is 1. The van der Waals surface area contributed by atoms with Gasteiger partial charge in [0.05, 0.1) is 24.7 Å². The van der Waals surface area contributed by atoms with Gasteiger partial charge in [-0.25, -0.2) is 4.79 Å². The van der Waals surface area contributed by atoms with E-state index in [0.29, 0.717) is 21.5 Å². The molecule has 0 unspecified atom stereocenters. The smallest absolute Gasteiger partial charge is 0.339 e. The van der Waals surface area contributed by atoms with Gasteiger partial charge in [-0.15, -0.1) is 0 Å². The van der Waals surface area contributed by atoms with Crippen molar-refractivity contribution in [2.45, 2.75) is 13.0 Å². The first-order valence-corrected chi connectivity index (χ1v) is 8.03. The standard InChI is InChI=1S/C17H16BrNO6/c1-10(11-5-4-6-13(7-11)19(21)22)25-17(20)12-8-14(23-2)16(18)15(9-12)24-3/h4-10H,1-3H3/t10-/m0/s1. The Morgan fingerprint density at radius 1 is 1.16 bits per heavy atom. The van der Waals surface area contributed by atoms with Gasteiger partial charge in [0.2, 0.25) is 0 Å². The highest BCUT2D eigenvalue weighted by Gasteiger charge is 2.19. The Morgan fingerprint density at radius 2 is 1.76 bits per heavy atom. The summed E-state index contributed by atoms with van der Waals surface area (Å²) < 4.78 is 16.4. The Hall–Kier alpha value is -2.61. The van der Waals surface area contributed by atoms with E-state index in [1.165, 1.54) is 38.5 Å². The summed E-state index contributed by atoms with van der Waals surface area (Å²) in [6.45, 7) is 1.64. The van der Waals surface area contributed by atoms with Crippen molar-refractivity contribution in [1.82, 2.24) is 0 Å². The fourth-order valence-corrected chi connectivity index (χ4v) is 2.73. The van der Waals surface area contributed by atoms with E-state index in [4.69, 9.17) is 14.2 Å². The van der Waals surface area contributed by atoms with Crippen molar-refractivity contribution in [3.63, 3.8) is 0 Å². The number of esters is 1. The van der Waals surface area contributed by atoms with Gasteiger partial charge in [-0.2, -0.15) is 0 Å². The van der Waals surface area contributed by atoms with Gasteiger partial charge >= 0.3 is 5.97 Å². The zero-order valence-corrected chi connectivity index (χ0v) is 15.4. The number of methoxy groups -OCH3 is 2. The van der Waals surface area contributed by atoms with Crippen LogP contribution >= 0.6 is 15.9 Å². The lowest BCUT2D eigenvalue weighted by Gasteiger charge is -2.15. The van der Waals surface area contributed by atoms with Crippen LogP contribution in [0.3, 0.4) is 0 Å². The average Bonchev–Trinajstić information content (AvgIpc) is 2.61. The molecule has 0 aliphatic rings. The predicted octanol–water partition coefficient (Wildman–Crippen LogP) is 4.29. The SMILES string of the molecule is COc1cc(C(=O)O[C@@H](C)c2cccc([N+](=O)[O-])c2)cc(OC)c1Br. The Morgan fingerprint density at radius 3 is 2.28 bits per heavy atom. The Balaban J connectivity index is 2.24. The van der Waals surface area contributed by atoms with E-state index in [-0.39, 0.29) is 11.3 Å². The zero-order valence-electron chi connectivity index (χ0n) is 13.8. The molecule has 2 rings (SSSR count). The molecular formula is C17H16BrNO6. The Bertz CT molecular complexity index is 782. The lowest BCUT2D eigenvalue weighted by Crippen LogP contribution is -2.10. The number of nitro groups is 1. The number of ether oxygens (including phenoxy) is 3. The van der Waals surface area contributed by atoms with Crippen LogP contribution in [-0.4, -0.2) is 25.1 Å². The summed E-state index contributed by atoms with van der Waals surface area (Å²) in [4.78, 5) is 22.8. The van der Waals surface area contributed by atoms with Crippen LogP contribution in [0.4, 0.5) is 5.69 Å². The van der Waals surface area contributed by atoms with Crippen molar-refractivity contribution in [3.8, 4) is 11.5 Å². The van der Waals surface area contributed by atoms with Gasteiger partial charge in [-0.3, -0.25) is 10.1 Å². The third-order valence-electron chi connectivity index (χ3n) is 3.52. The number of hydrogen-bond donors (Lipinski definition) is 0. The van der Waals surface area contributed by atoms with Gasteiger partial charge in [0.15, 0.2) is 0 Å². The fraction of sp³-hybridized carbons (Fsp3) is 0.235. The summed E-state index contributed by atoms with van der Waals surface area (Å²) in [5.41, 5.74) is 0.708. The molecule has 8 heteroatoms. The number of nitrogens with zero attached hydrogens (tertiary/aromatic N) is 1. The van der Waals surface area contributed by atoms with Gasteiger partial charge in [0, 0.05) is 12.1 Å². The highest BCUT2D eigenvalue weighted by molar-refractivity contribution is 9.10. The molecule has 0 saturated carbocycles. The third-order valence-corrected chi connectivity index (χ3v) is 4.30. The summed E-state index contributed by atoms with van der Waals surface area (Å²) in [6.07, 6.45) is -0.659. The van der Waals surface area contributed by atoms with Crippen LogP contribution in [0.2, 0.25) is 0 Å². The normalized spacial score (nSPS) is 11.5. The molecule has 0 spiro atoms. The average molecular weight is 410 g/mol. The van der Waals surface area contributed by atoms with Crippen LogP contribution < -0.4 is 9.47 Å². The summed E-state index contributed by atoms with van der Waals surface area (Å²) >= 11 is 3.33. The van der Waals surface area contributed by atoms with E-state index in [0.717, 1.165) is 0 Å². The number of hydrogen-bond acceptors (Lipinski definition) is 6. The van der Waals surface area contributed by atoms with Crippen molar-refractivity contribution in [2.75, 3.05) is 14.2 Å². The molecule has 0 aliphatic heterocycles. The summed E-state index contributed by atoms with van der Waals surface area (Å²) in [5, 5.41) is 10.9. The van der Waals surface area contributed by atoms with E-state index in [1.807, 2.05) is 0 Å². The fourth-order valence-electron chi connectivity index (χ4n) is 2.18. The van der Waals surface area contributed by atoms with Gasteiger partial charge in [-0.1, -0.05) is 12.1 Å². The Kier molecular flexibility index (Phi) is 5.97. The van der Waals surface area contributed by atoms with E-state index < -0.39 is 17.0 Å². The molecule has 25 heavy (non-hydrogen) atoms. The third kappa shape index (κ3) is 4.27. The second-order valence-corrected chi connectivity index (χ2v) is 5.89. The van der Waals surface area contributed by atoms with Crippen LogP contribution in [0.15, 0.2) is 40.9 Å². The molecule has 0 aromatic heterocycles. The maximum absolute atomic E-state index is 12.4. The van der Waals surface area contributed by atoms with Crippen molar-refractivity contribution < 1.29 is 23.9 Å². The van der Waals surface area contributed by atoms with Crippen LogP contribution in [0.5, 0.6) is 11.5 Å². The number of non-ortho nitro benzene ring substituents is 1. The first kappa shape index (κ1) is 18.7. The number of nitro benzene ring substituents is 1. The van der Waals surface area contributed by atoms with E-state index in [1.54, 1.807) is 19.1 Å². The van der Waals surface area contributed by atoms with Crippen molar-refractivity contribution in [3.05, 3.63) is 62.1 Å². The molecule has 2 aromatic rings. The van der Waals surface area contributed by atoms with Crippen LogP contribution in [0, 0.1) is 10.1 Å². The summed E-state index contributed by atoms with van der Waals surface area (Å²) in [6, 6.07) is 9.00. The van der Waals surface area contributed by atoms with Gasteiger partial charge in [-0.05, 0) is 40.5 Å². The molecule has 0 saturated heterocycles. The van der Waals surface area contributed by atoms with Gasteiger partial charge in [0.1, 0.15) is 22.1 Å². The molecule has 0 aliphatic carbocycles. The topological polar surface area (TPSA) is 87.9 Å². The molecule has 2 aromatic carbocycles. The number of rotatable bonds is 6. The minimum Gasteiger partial charge on any atom is -0.495 e. The minimum atomic E-state index is -0.659. The van der Waals surface area contributed by atoms with E-state index in [2.05, 4.69) is 15.9 Å². The molecule has 7 nitrogen and oxygen atoms in total. The Labute approximate surface area is 152 Å². The maximum atomic E-state index is 12.4. The second-order valence-electron chi connectivity index (χ2n) is 5.09. The first-order valence-electron chi connectivity index (χ1n) is 7.24. The molecule has 0 heterocycles. The molecule has 0 amide bonds. The van der Waals surface area contributed by atoms with Crippen LogP contribution in [0.25, 0.3) is 0 Å². The zero-order chi connectivity index (χ0) is 18.6. The van der Waals surface area contributed by atoms with Gasteiger partial charge < -0.3 is 14.2 Å². The minimum absolute atomic E-state index is 0.0626. The molecule has 0 bridgehead atoms. The predicted molar refractivity (Wildman–Crippen MR) is 94.2 cm³/mol. The number of halogens is 1. The highest BCUT2D eigenvalue weighted by atomic mass is 79.9. The van der Waals surface area contributed by atoms with E-state index >= 15 is 0 Å². The molecule has 132 valence electrons. The molecule has 0 radical (unpaired) electrons. The van der Waals surface area contributed by atoms with Crippen LogP contribution in [-0.2, 0) is 4.74 Å². The summed E-state index contributed by atoms with van der Waals surface area (Å²) in [7, 11) is 2.95. The molecular weight excluding hydrogens is 394 g/mol. The second kappa shape index (κ2) is 7.98. The maximum Gasteiger partial charge on any atom is 0.339 e. The summed E-state index contributed by atoms with van der Waals surface area (Å²) in [5.74, 6) is 0.256. The lowest BCUT2D eigenvalue weighted by atomic mass is 10.1. The number of benzene rings is 2. The number of carbonyl (C=O) groups is 1. The molecule has 0 N–H and O–H groups in total. The largest absolute Gasteiger partial charge is 0.495 e. The van der Waals surface area contributed by atoms with E-state index in [9.17, 15) is 14.9 Å². The van der Waals surface area contributed by atoms with Gasteiger partial charge in [0.25, 0.3) is 5.69 Å².